The summed E-state index contributed by atoms with van der Waals surface area (Å²) in [6.45, 7) is 1.32. The molecule has 5 rings (SSSR count). The third kappa shape index (κ3) is 3.00. The molecule has 2 aromatic rings. The van der Waals surface area contributed by atoms with Crippen molar-refractivity contribution in [2.75, 3.05) is 6.54 Å². The second-order valence-electron chi connectivity index (χ2n) is 8.15. The SMILES string of the molecule is O=C(O)C(Cc1cscn1)CN1C2CCC1CC1(C2)OCc2ccccc21. The van der Waals surface area contributed by atoms with Gasteiger partial charge >= 0.3 is 5.97 Å². The normalized spacial score (nSPS) is 30.5. The first-order valence-corrected chi connectivity index (χ1v) is 10.7. The molecule has 4 heterocycles. The number of aliphatic carboxylic acids is 1. The van der Waals surface area contributed by atoms with Gasteiger partial charge in [-0.1, -0.05) is 24.3 Å². The van der Waals surface area contributed by atoms with Gasteiger partial charge in [-0.2, -0.15) is 0 Å². The van der Waals surface area contributed by atoms with Gasteiger partial charge in [-0.15, -0.1) is 11.3 Å². The minimum atomic E-state index is -0.717. The minimum absolute atomic E-state index is 0.160. The maximum Gasteiger partial charge on any atom is 0.308 e. The van der Waals surface area contributed by atoms with Gasteiger partial charge in [0, 0.05) is 30.4 Å². The summed E-state index contributed by atoms with van der Waals surface area (Å²) in [6, 6.07) is 9.41. The smallest absolute Gasteiger partial charge is 0.308 e. The largest absolute Gasteiger partial charge is 0.481 e. The summed E-state index contributed by atoms with van der Waals surface area (Å²) in [5.41, 5.74) is 5.18. The van der Waals surface area contributed by atoms with Gasteiger partial charge in [0.05, 0.1) is 29.3 Å². The van der Waals surface area contributed by atoms with Crippen LogP contribution in [0.15, 0.2) is 35.2 Å². The van der Waals surface area contributed by atoms with Crippen LogP contribution in [-0.2, 0) is 28.2 Å². The molecule has 27 heavy (non-hydrogen) atoms. The molecule has 0 radical (unpaired) electrons. The first-order valence-electron chi connectivity index (χ1n) is 9.72. The number of benzene rings is 1. The van der Waals surface area contributed by atoms with Crippen LogP contribution in [0.4, 0.5) is 0 Å². The zero-order valence-electron chi connectivity index (χ0n) is 15.2. The molecule has 0 amide bonds. The zero-order valence-corrected chi connectivity index (χ0v) is 16.0. The number of carbonyl (C=O) groups is 1. The molecule has 2 bridgehead atoms. The van der Waals surface area contributed by atoms with E-state index in [4.69, 9.17) is 4.74 Å². The maximum atomic E-state index is 11.9. The molecule has 0 saturated carbocycles. The first kappa shape index (κ1) is 17.3. The standard InChI is InChI=1S/C21H24N2O3S/c24-20(25)15(7-16-12-27-13-22-16)10-23-17-5-6-18(23)9-21(8-17)19-4-2-1-3-14(19)11-26-21/h1-4,12-13,15,17-18H,5-11H2,(H,24,25). The summed E-state index contributed by atoms with van der Waals surface area (Å²) in [5.74, 6) is -1.12. The molecule has 1 aromatic carbocycles. The summed E-state index contributed by atoms with van der Waals surface area (Å²) in [6.07, 6.45) is 4.74. The third-order valence-electron chi connectivity index (χ3n) is 6.63. The number of nitrogens with zero attached hydrogens (tertiary/aromatic N) is 2. The Morgan fingerprint density at radius 1 is 1.33 bits per heavy atom. The monoisotopic (exact) mass is 384 g/mol. The van der Waals surface area contributed by atoms with Gasteiger partial charge in [0.25, 0.3) is 0 Å². The summed E-state index contributed by atoms with van der Waals surface area (Å²) >= 11 is 1.52. The molecule has 1 aromatic heterocycles. The molecular formula is C21H24N2O3S. The number of aromatic nitrogens is 1. The van der Waals surface area contributed by atoms with Crippen LogP contribution in [0.2, 0.25) is 0 Å². The Bertz CT molecular complexity index is 824. The molecule has 5 nitrogen and oxygen atoms in total. The Hall–Kier alpha value is -1.76. The van der Waals surface area contributed by atoms with Gasteiger partial charge in [0.1, 0.15) is 0 Å². The van der Waals surface area contributed by atoms with Crippen molar-refractivity contribution in [1.82, 2.24) is 9.88 Å². The fourth-order valence-corrected chi connectivity index (χ4v) is 5.96. The Morgan fingerprint density at radius 2 is 2.11 bits per heavy atom. The first-order chi connectivity index (χ1) is 13.1. The molecule has 3 aliphatic rings. The lowest BCUT2D eigenvalue weighted by atomic mass is 9.79. The third-order valence-corrected chi connectivity index (χ3v) is 7.27. The molecule has 3 atom stereocenters. The molecule has 0 aliphatic carbocycles. The van der Waals surface area contributed by atoms with Gasteiger partial charge < -0.3 is 9.84 Å². The van der Waals surface area contributed by atoms with E-state index in [0.29, 0.717) is 31.7 Å². The van der Waals surface area contributed by atoms with Gasteiger partial charge in [-0.05, 0) is 36.8 Å². The number of hydrogen-bond donors (Lipinski definition) is 1. The Kier molecular flexibility index (Phi) is 4.30. The molecule has 142 valence electrons. The highest BCUT2D eigenvalue weighted by atomic mass is 32.1. The van der Waals surface area contributed by atoms with Crippen LogP contribution >= 0.6 is 11.3 Å². The predicted molar refractivity (Wildman–Crippen MR) is 103 cm³/mol. The van der Waals surface area contributed by atoms with Crippen molar-refractivity contribution in [2.45, 2.75) is 56.4 Å². The number of ether oxygens (including phenoxy) is 1. The van der Waals surface area contributed by atoms with Crippen molar-refractivity contribution in [1.29, 1.82) is 0 Å². The molecule has 3 aliphatic heterocycles. The average Bonchev–Trinajstić information content (AvgIpc) is 3.35. The van der Waals surface area contributed by atoms with Crippen molar-refractivity contribution in [3.05, 3.63) is 52.0 Å². The van der Waals surface area contributed by atoms with E-state index in [1.54, 1.807) is 5.51 Å². The second-order valence-corrected chi connectivity index (χ2v) is 8.87. The number of carboxylic acids is 1. The van der Waals surface area contributed by atoms with Gasteiger partial charge in [-0.3, -0.25) is 9.69 Å². The Labute approximate surface area is 163 Å². The highest BCUT2D eigenvalue weighted by Gasteiger charge is 2.52. The number of fused-ring (bicyclic) bond motifs is 4. The highest BCUT2D eigenvalue weighted by Crippen LogP contribution is 2.52. The zero-order chi connectivity index (χ0) is 18.4. The molecule has 3 unspecified atom stereocenters. The molecule has 2 saturated heterocycles. The fourth-order valence-electron chi connectivity index (χ4n) is 5.39. The molecule has 6 heteroatoms. The van der Waals surface area contributed by atoms with Crippen LogP contribution in [0, 0.1) is 5.92 Å². The number of thiazole rings is 1. The highest BCUT2D eigenvalue weighted by molar-refractivity contribution is 7.07. The number of carboxylic acid groups (broad SMARTS) is 1. The van der Waals surface area contributed by atoms with E-state index in [2.05, 4.69) is 34.1 Å². The molecular weight excluding hydrogens is 360 g/mol. The molecule has 2 fully saturated rings. The van der Waals surface area contributed by atoms with E-state index in [-0.39, 0.29) is 5.60 Å². The van der Waals surface area contributed by atoms with Crippen molar-refractivity contribution in [3.8, 4) is 0 Å². The number of rotatable bonds is 5. The summed E-state index contributed by atoms with van der Waals surface area (Å²) in [7, 11) is 0. The van der Waals surface area contributed by atoms with E-state index in [9.17, 15) is 9.90 Å². The summed E-state index contributed by atoms with van der Waals surface area (Å²) in [5, 5.41) is 11.7. The Morgan fingerprint density at radius 3 is 2.81 bits per heavy atom. The molecule has 1 N–H and O–H groups in total. The van der Waals surface area contributed by atoms with Crippen LogP contribution in [0.3, 0.4) is 0 Å². The van der Waals surface area contributed by atoms with Crippen LogP contribution in [0.1, 0.15) is 42.5 Å². The lowest BCUT2D eigenvalue weighted by molar-refractivity contribution is -0.144. The number of hydrogen-bond acceptors (Lipinski definition) is 5. The van der Waals surface area contributed by atoms with Crippen molar-refractivity contribution < 1.29 is 14.6 Å². The van der Waals surface area contributed by atoms with E-state index in [0.717, 1.165) is 31.4 Å². The fraction of sp³-hybridized carbons (Fsp3) is 0.524. The quantitative estimate of drug-likeness (QED) is 0.856. The molecule has 1 spiro atoms. The van der Waals surface area contributed by atoms with E-state index in [1.807, 2.05) is 5.38 Å². The van der Waals surface area contributed by atoms with Crippen molar-refractivity contribution >= 4 is 17.3 Å². The maximum absolute atomic E-state index is 11.9. The van der Waals surface area contributed by atoms with Crippen LogP contribution in [-0.4, -0.2) is 39.6 Å². The van der Waals surface area contributed by atoms with E-state index in [1.165, 1.54) is 22.5 Å². The van der Waals surface area contributed by atoms with Gasteiger partial charge in [-0.25, -0.2) is 4.98 Å². The lowest BCUT2D eigenvalue weighted by Crippen LogP contribution is -2.51. The topological polar surface area (TPSA) is 62.7 Å². The van der Waals surface area contributed by atoms with Crippen LogP contribution in [0.25, 0.3) is 0 Å². The Balaban J connectivity index is 1.34. The van der Waals surface area contributed by atoms with Gasteiger partial charge in [0.15, 0.2) is 0 Å². The van der Waals surface area contributed by atoms with Crippen LogP contribution < -0.4 is 0 Å². The predicted octanol–water partition coefficient (Wildman–Crippen LogP) is 3.44. The van der Waals surface area contributed by atoms with E-state index >= 15 is 0 Å². The lowest BCUT2D eigenvalue weighted by Gasteiger charge is -2.45. The number of piperidine rings is 1. The summed E-state index contributed by atoms with van der Waals surface area (Å²) in [4.78, 5) is 18.6. The van der Waals surface area contributed by atoms with Gasteiger partial charge in [0.2, 0.25) is 0 Å². The van der Waals surface area contributed by atoms with Crippen molar-refractivity contribution in [2.24, 2.45) is 5.92 Å². The van der Waals surface area contributed by atoms with Crippen molar-refractivity contribution in [3.63, 3.8) is 0 Å². The second kappa shape index (κ2) is 6.69. The van der Waals surface area contributed by atoms with Crippen LogP contribution in [0.5, 0.6) is 0 Å². The van der Waals surface area contributed by atoms with E-state index < -0.39 is 11.9 Å². The minimum Gasteiger partial charge on any atom is -0.481 e. The summed E-state index contributed by atoms with van der Waals surface area (Å²) < 4.78 is 6.37. The average molecular weight is 385 g/mol.